The summed E-state index contributed by atoms with van der Waals surface area (Å²) in [5.74, 6) is -2.31. The molecule has 0 radical (unpaired) electrons. The van der Waals surface area contributed by atoms with E-state index in [1.807, 2.05) is 12.2 Å². The Morgan fingerprint density at radius 3 is 1.88 bits per heavy atom. The first-order valence-electron chi connectivity index (χ1n) is 8.03. The van der Waals surface area contributed by atoms with E-state index < -0.39 is 41.1 Å². The molecule has 0 spiro atoms. The van der Waals surface area contributed by atoms with Crippen LogP contribution in [0.4, 0.5) is 0 Å². The van der Waals surface area contributed by atoms with Crippen molar-refractivity contribution in [3.8, 4) is 0 Å². The quantitative estimate of drug-likeness (QED) is 0.232. The Morgan fingerprint density at radius 2 is 1.46 bits per heavy atom. The molecule has 4 aliphatic rings. The minimum absolute atomic E-state index is 0.0395. The SMILES string of the molecule is COC(=O)[C@@H]1[C@@H]2C=C[C@H]([C@@H]1C(=O)OC)[C@H]1[C@H](OC(C)=O)[C@@H]([Hg][Cl])[C@@H]21. The molecule has 2 bridgehead atoms. The van der Waals surface area contributed by atoms with E-state index in [1.165, 1.54) is 21.1 Å². The summed E-state index contributed by atoms with van der Waals surface area (Å²) >= 11 is -1.73. The first kappa shape index (κ1) is 18.2. The number of hydrogen-bond donors (Lipinski definition) is 0. The second-order valence-electron chi connectivity index (χ2n) is 6.68. The third kappa shape index (κ3) is 2.60. The van der Waals surface area contributed by atoms with Crippen molar-refractivity contribution < 1.29 is 51.9 Å². The van der Waals surface area contributed by atoms with Gasteiger partial charge in [-0.25, -0.2) is 0 Å². The summed E-state index contributed by atoms with van der Waals surface area (Å²) in [5, 5.41) is 0. The molecule has 0 aliphatic heterocycles. The van der Waals surface area contributed by atoms with Crippen molar-refractivity contribution in [2.24, 2.45) is 35.5 Å². The van der Waals surface area contributed by atoms with Crippen molar-refractivity contribution in [2.45, 2.75) is 16.5 Å². The van der Waals surface area contributed by atoms with Crippen LogP contribution in [0, 0.1) is 35.5 Å². The summed E-state index contributed by atoms with van der Waals surface area (Å²) in [4.78, 5) is 36.2. The summed E-state index contributed by atoms with van der Waals surface area (Å²) < 4.78 is 15.6. The summed E-state index contributed by atoms with van der Waals surface area (Å²) in [6, 6.07) is 0. The Bertz CT molecular complexity index is 593. The first-order chi connectivity index (χ1) is 11.5. The molecular weight excluding hydrogens is 524 g/mol. The monoisotopic (exact) mass is 544 g/mol. The normalized spacial score (nSPS) is 41.5. The molecule has 6 nitrogen and oxygen atoms in total. The summed E-state index contributed by atoms with van der Waals surface area (Å²) in [6.45, 7) is 1.39. The van der Waals surface area contributed by atoms with Gasteiger partial charge in [-0.05, 0) is 0 Å². The van der Waals surface area contributed by atoms with Gasteiger partial charge >= 0.3 is 156 Å². The van der Waals surface area contributed by atoms with Gasteiger partial charge in [0.05, 0.1) is 0 Å². The van der Waals surface area contributed by atoms with Crippen molar-refractivity contribution in [3.63, 3.8) is 0 Å². The van der Waals surface area contributed by atoms with Gasteiger partial charge in [0.15, 0.2) is 0 Å². The van der Waals surface area contributed by atoms with Gasteiger partial charge in [-0.1, -0.05) is 0 Å². The van der Waals surface area contributed by atoms with Gasteiger partial charge in [0.25, 0.3) is 0 Å². The van der Waals surface area contributed by atoms with Crippen LogP contribution in [0.3, 0.4) is 0 Å². The fraction of sp³-hybridized carbons (Fsp3) is 0.688. The Morgan fingerprint density at radius 1 is 0.958 bits per heavy atom. The molecule has 4 rings (SSSR count). The number of allylic oxidation sites excluding steroid dienone is 2. The van der Waals surface area contributed by atoms with Crippen LogP contribution < -0.4 is 0 Å². The van der Waals surface area contributed by atoms with Crippen LogP contribution >= 0.6 is 8.25 Å². The van der Waals surface area contributed by atoms with Crippen molar-refractivity contribution in [3.05, 3.63) is 12.2 Å². The van der Waals surface area contributed by atoms with E-state index in [0.29, 0.717) is 0 Å². The van der Waals surface area contributed by atoms with Crippen LogP contribution in [0.15, 0.2) is 12.2 Å². The fourth-order valence-corrected chi connectivity index (χ4v) is 13.9. The molecule has 8 heteroatoms. The van der Waals surface area contributed by atoms with E-state index in [0.717, 1.165) is 0 Å². The topological polar surface area (TPSA) is 78.9 Å². The Hall–Kier alpha value is -0.625. The number of halogens is 1. The third-order valence-electron chi connectivity index (χ3n) is 5.83. The van der Waals surface area contributed by atoms with Crippen LogP contribution in [0.5, 0.6) is 0 Å². The van der Waals surface area contributed by atoms with Crippen LogP contribution in [0.1, 0.15) is 6.92 Å². The molecule has 4 aliphatic carbocycles. The number of hydrogen-bond acceptors (Lipinski definition) is 6. The average molecular weight is 543 g/mol. The average Bonchev–Trinajstić information content (AvgIpc) is 2.57. The summed E-state index contributed by atoms with van der Waals surface area (Å²) in [6.07, 6.45) is 3.77. The first-order valence-corrected chi connectivity index (χ1v) is 18.0. The standard InChI is InChI=1S/C16H19O6.ClH.Hg/c1-7(17)22-11-6-10-8-4-5-9(12(10)11)14(16(19)21-3)13(8)15(18)20-2;;/h4-6,8-14H,1-3H3;1H;/q;;+1/p-1/t8-,9+,10+,11-,12-,13-,14+;;/m1../s1. The Kier molecular flexibility index (Phi) is 5.26. The molecule has 0 N–H and O–H groups in total. The predicted octanol–water partition coefficient (Wildman–Crippen LogP) is 1.58. The van der Waals surface area contributed by atoms with Gasteiger partial charge in [0, 0.05) is 0 Å². The molecule has 0 aromatic rings. The van der Waals surface area contributed by atoms with Gasteiger partial charge in [-0.2, -0.15) is 0 Å². The number of rotatable bonds is 4. The molecule has 24 heavy (non-hydrogen) atoms. The minimum atomic E-state index is -1.73. The maximum absolute atomic E-state index is 12.4. The number of methoxy groups -OCH3 is 2. The van der Waals surface area contributed by atoms with E-state index in [-0.39, 0.29) is 45.1 Å². The zero-order valence-corrected chi connectivity index (χ0v) is 20.1. The maximum atomic E-state index is 12.4. The second kappa shape index (κ2) is 6.94. The van der Waals surface area contributed by atoms with E-state index in [2.05, 4.69) is 0 Å². The summed E-state index contributed by atoms with van der Waals surface area (Å²) in [7, 11) is 8.98. The van der Waals surface area contributed by atoms with Crippen LogP contribution in [-0.4, -0.2) is 38.2 Å². The van der Waals surface area contributed by atoms with Crippen molar-refractivity contribution in [2.75, 3.05) is 14.2 Å². The van der Waals surface area contributed by atoms with Crippen molar-refractivity contribution in [1.82, 2.24) is 0 Å². The number of carbonyl (C=O) groups is 3. The predicted molar refractivity (Wildman–Crippen MR) is 79.3 cm³/mol. The number of ether oxygens (including phenoxy) is 3. The van der Waals surface area contributed by atoms with E-state index >= 15 is 0 Å². The Balaban J connectivity index is 1.97. The van der Waals surface area contributed by atoms with E-state index in [4.69, 9.17) is 22.5 Å². The van der Waals surface area contributed by atoms with Gasteiger partial charge in [0.1, 0.15) is 0 Å². The van der Waals surface area contributed by atoms with Gasteiger partial charge in [0.2, 0.25) is 0 Å². The van der Waals surface area contributed by atoms with Crippen LogP contribution in [-0.2, 0) is 51.9 Å². The zero-order valence-electron chi connectivity index (χ0n) is 13.8. The number of esters is 3. The molecule has 0 aromatic carbocycles. The number of carbonyl (C=O) groups excluding carboxylic acids is 3. The zero-order chi connectivity index (χ0) is 17.6. The van der Waals surface area contributed by atoms with Crippen molar-refractivity contribution >= 4 is 26.2 Å². The second-order valence-corrected chi connectivity index (χ2v) is 14.3. The molecule has 0 amide bonds. The van der Waals surface area contributed by atoms with Crippen molar-refractivity contribution in [1.29, 1.82) is 0 Å². The molecular formula is C16H19ClHgO6. The molecule has 2 saturated carbocycles. The van der Waals surface area contributed by atoms with Gasteiger partial charge in [-0.3, -0.25) is 0 Å². The van der Waals surface area contributed by atoms with Gasteiger partial charge in [-0.15, -0.1) is 0 Å². The molecule has 0 aromatic heterocycles. The number of fused-ring (bicyclic) bond motifs is 1. The van der Waals surface area contributed by atoms with Crippen LogP contribution in [0.25, 0.3) is 0 Å². The summed E-state index contributed by atoms with van der Waals surface area (Å²) in [5.41, 5.74) is 0. The van der Waals surface area contributed by atoms with E-state index in [1.54, 1.807) is 0 Å². The molecule has 2 fully saturated rings. The van der Waals surface area contributed by atoms with Crippen LogP contribution in [0.2, 0.25) is 3.43 Å². The molecule has 128 valence electrons. The molecule has 0 saturated heterocycles. The molecule has 8 atom stereocenters. The third-order valence-corrected chi connectivity index (χ3v) is 14.3. The van der Waals surface area contributed by atoms with E-state index in [9.17, 15) is 14.4 Å². The molecule has 0 unspecified atom stereocenters. The fourth-order valence-electron chi connectivity index (χ4n) is 5.02. The molecule has 0 heterocycles. The van der Waals surface area contributed by atoms with Gasteiger partial charge < -0.3 is 0 Å². The Labute approximate surface area is 156 Å².